The number of hydrogen-bond donors (Lipinski definition) is 2. The van der Waals surface area contributed by atoms with E-state index in [0.29, 0.717) is 13.1 Å². The Morgan fingerprint density at radius 1 is 0.760 bits per heavy atom. The minimum Gasteiger partial charge on any atom is -0.444 e. The predicted molar refractivity (Wildman–Crippen MR) is 99.5 cm³/mol. The first-order chi connectivity index (χ1) is 11.2. The fourth-order valence-electron chi connectivity index (χ4n) is 2.14. The lowest BCUT2D eigenvalue weighted by atomic mass is 10.2. The van der Waals surface area contributed by atoms with Gasteiger partial charge in [0.1, 0.15) is 11.2 Å². The molecule has 0 atom stereocenters. The first-order valence-electron chi connectivity index (χ1n) is 8.96. The van der Waals surface area contributed by atoms with Crippen LogP contribution in [-0.2, 0) is 9.47 Å². The number of ether oxygens (including phenoxy) is 2. The third-order valence-corrected chi connectivity index (χ3v) is 3.22. The molecule has 2 amide bonds. The molecule has 7 nitrogen and oxygen atoms in total. The number of rotatable bonds is 8. The van der Waals surface area contributed by atoms with Gasteiger partial charge in [-0.25, -0.2) is 9.59 Å². The third-order valence-electron chi connectivity index (χ3n) is 3.22. The highest BCUT2D eigenvalue weighted by molar-refractivity contribution is 5.67. The van der Waals surface area contributed by atoms with Gasteiger partial charge in [-0.15, -0.1) is 0 Å². The van der Waals surface area contributed by atoms with Crippen LogP contribution in [-0.4, -0.2) is 68.1 Å². The van der Waals surface area contributed by atoms with Gasteiger partial charge in [-0.3, -0.25) is 0 Å². The van der Waals surface area contributed by atoms with E-state index in [-0.39, 0.29) is 12.2 Å². The molecule has 0 saturated heterocycles. The third kappa shape index (κ3) is 15.8. The molecule has 0 heterocycles. The SMILES string of the molecule is CC(C)(C)OC(=O)NCCC[N+](C)(C)CCCNC(=O)OC(C)(C)C. The smallest absolute Gasteiger partial charge is 0.407 e. The Kier molecular flexibility index (Phi) is 9.26. The van der Waals surface area contributed by atoms with E-state index in [1.165, 1.54) is 0 Å². The average molecular weight is 361 g/mol. The van der Waals surface area contributed by atoms with Crippen molar-refractivity contribution >= 4 is 12.2 Å². The minimum absolute atomic E-state index is 0.376. The minimum atomic E-state index is -0.472. The zero-order chi connectivity index (χ0) is 19.7. The lowest BCUT2D eigenvalue weighted by Gasteiger charge is -2.30. The summed E-state index contributed by atoms with van der Waals surface area (Å²) in [6.45, 7) is 14.1. The van der Waals surface area contributed by atoms with E-state index >= 15 is 0 Å². The number of carbonyl (C=O) groups excluding carboxylic acids is 2. The topological polar surface area (TPSA) is 76.7 Å². The van der Waals surface area contributed by atoms with Crippen molar-refractivity contribution in [1.29, 1.82) is 0 Å². The van der Waals surface area contributed by atoms with Gasteiger partial charge in [0.15, 0.2) is 0 Å². The molecule has 0 saturated carbocycles. The van der Waals surface area contributed by atoms with Crippen LogP contribution in [0.1, 0.15) is 54.4 Å². The quantitative estimate of drug-likeness (QED) is 0.515. The van der Waals surface area contributed by atoms with Crippen LogP contribution in [0.25, 0.3) is 0 Å². The molecule has 7 heteroatoms. The van der Waals surface area contributed by atoms with Crippen LogP contribution < -0.4 is 10.6 Å². The summed E-state index contributed by atoms with van der Waals surface area (Å²) >= 11 is 0. The predicted octanol–water partition coefficient (Wildman–Crippen LogP) is 2.89. The molecule has 0 aromatic carbocycles. The number of hydrogen-bond acceptors (Lipinski definition) is 4. The summed E-state index contributed by atoms with van der Waals surface area (Å²) in [7, 11) is 4.28. The molecular weight excluding hydrogens is 322 g/mol. The van der Waals surface area contributed by atoms with Gasteiger partial charge in [-0.05, 0) is 41.5 Å². The van der Waals surface area contributed by atoms with Crippen LogP contribution in [0, 0.1) is 0 Å². The largest absolute Gasteiger partial charge is 0.444 e. The molecule has 0 aliphatic rings. The normalized spacial score (nSPS) is 12.5. The van der Waals surface area contributed by atoms with Gasteiger partial charge in [0.25, 0.3) is 0 Å². The number of quaternary nitrogens is 1. The molecule has 0 unspecified atom stereocenters. The molecule has 2 N–H and O–H groups in total. The molecule has 148 valence electrons. The lowest BCUT2D eigenvalue weighted by Crippen LogP contribution is -2.44. The highest BCUT2D eigenvalue weighted by Gasteiger charge is 2.18. The van der Waals surface area contributed by atoms with Crippen LogP contribution in [0.4, 0.5) is 9.59 Å². The Morgan fingerprint density at radius 3 is 1.36 bits per heavy atom. The van der Waals surface area contributed by atoms with E-state index in [1.807, 2.05) is 41.5 Å². The number of nitrogens with one attached hydrogen (secondary N) is 2. The van der Waals surface area contributed by atoms with Crippen molar-refractivity contribution in [2.24, 2.45) is 0 Å². The molecule has 0 spiro atoms. The Hall–Kier alpha value is -1.50. The van der Waals surface area contributed by atoms with Gasteiger partial charge in [-0.1, -0.05) is 0 Å². The van der Waals surface area contributed by atoms with E-state index in [0.717, 1.165) is 30.4 Å². The molecule has 0 bridgehead atoms. The average Bonchev–Trinajstić information content (AvgIpc) is 2.36. The summed E-state index contributed by atoms with van der Waals surface area (Å²) < 4.78 is 11.2. The van der Waals surface area contributed by atoms with Crippen LogP contribution in [0.15, 0.2) is 0 Å². The van der Waals surface area contributed by atoms with Crippen molar-refractivity contribution < 1.29 is 23.5 Å². The van der Waals surface area contributed by atoms with E-state index in [1.54, 1.807) is 0 Å². The van der Waals surface area contributed by atoms with Crippen molar-refractivity contribution in [2.75, 3.05) is 40.3 Å². The number of alkyl carbamates (subject to hydrolysis) is 2. The summed E-state index contributed by atoms with van der Waals surface area (Å²) in [5.74, 6) is 0. The van der Waals surface area contributed by atoms with Crippen molar-refractivity contribution in [3.8, 4) is 0 Å². The fourth-order valence-corrected chi connectivity index (χ4v) is 2.14. The van der Waals surface area contributed by atoms with Crippen molar-refractivity contribution in [3.05, 3.63) is 0 Å². The second-order valence-electron chi connectivity index (χ2n) is 8.95. The fraction of sp³-hybridized carbons (Fsp3) is 0.889. The maximum Gasteiger partial charge on any atom is 0.407 e. The van der Waals surface area contributed by atoms with Crippen LogP contribution >= 0.6 is 0 Å². The molecule has 0 aromatic heterocycles. The highest BCUT2D eigenvalue weighted by Crippen LogP contribution is 2.07. The van der Waals surface area contributed by atoms with Gasteiger partial charge in [0.05, 0.1) is 27.2 Å². The van der Waals surface area contributed by atoms with Gasteiger partial charge < -0.3 is 24.6 Å². The lowest BCUT2D eigenvalue weighted by molar-refractivity contribution is -0.890. The second kappa shape index (κ2) is 9.85. The van der Waals surface area contributed by atoms with Crippen LogP contribution in [0.5, 0.6) is 0 Å². The highest BCUT2D eigenvalue weighted by atomic mass is 16.6. The zero-order valence-corrected chi connectivity index (χ0v) is 17.3. The maximum absolute atomic E-state index is 11.6. The van der Waals surface area contributed by atoms with E-state index in [4.69, 9.17) is 9.47 Å². The molecule has 0 aromatic rings. The Bertz CT molecular complexity index is 385. The Morgan fingerprint density at radius 2 is 1.08 bits per heavy atom. The second-order valence-corrected chi connectivity index (χ2v) is 8.95. The zero-order valence-electron chi connectivity index (χ0n) is 17.3. The molecule has 0 rings (SSSR count). The summed E-state index contributed by atoms with van der Waals surface area (Å²) in [4.78, 5) is 23.1. The van der Waals surface area contributed by atoms with Crippen molar-refractivity contribution in [3.63, 3.8) is 0 Å². The number of carbonyl (C=O) groups is 2. The monoisotopic (exact) mass is 360 g/mol. The van der Waals surface area contributed by atoms with E-state index in [2.05, 4.69) is 24.7 Å². The van der Waals surface area contributed by atoms with E-state index in [9.17, 15) is 9.59 Å². The summed E-state index contributed by atoms with van der Waals surface area (Å²) in [6, 6.07) is 0. The summed E-state index contributed by atoms with van der Waals surface area (Å²) in [5, 5.41) is 5.54. The molecule has 0 aliphatic heterocycles. The molecular formula is C18H38N3O4+. The summed E-state index contributed by atoms with van der Waals surface area (Å²) in [6.07, 6.45) is 0.982. The van der Waals surface area contributed by atoms with E-state index < -0.39 is 11.2 Å². The Balaban J connectivity index is 3.84. The molecule has 0 radical (unpaired) electrons. The number of amides is 2. The first kappa shape index (κ1) is 23.5. The van der Waals surface area contributed by atoms with Gasteiger partial charge in [-0.2, -0.15) is 0 Å². The van der Waals surface area contributed by atoms with Gasteiger partial charge in [0, 0.05) is 25.9 Å². The molecule has 0 aliphatic carbocycles. The van der Waals surface area contributed by atoms with Crippen LogP contribution in [0.3, 0.4) is 0 Å². The summed E-state index contributed by atoms with van der Waals surface area (Å²) in [5.41, 5.74) is -0.943. The first-order valence-corrected chi connectivity index (χ1v) is 8.96. The van der Waals surface area contributed by atoms with Gasteiger partial charge >= 0.3 is 12.2 Å². The maximum atomic E-state index is 11.6. The Labute approximate surface area is 153 Å². The molecule has 25 heavy (non-hydrogen) atoms. The van der Waals surface area contributed by atoms with Crippen molar-refractivity contribution in [1.82, 2.24) is 10.6 Å². The number of nitrogens with zero attached hydrogens (tertiary/aromatic N) is 1. The van der Waals surface area contributed by atoms with Crippen molar-refractivity contribution in [2.45, 2.75) is 65.6 Å². The van der Waals surface area contributed by atoms with Crippen LogP contribution in [0.2, 0.25) is 0 Å². The molecule has 0 fully saturated rings. The van der Waals surface area contributed by atoms with Gasteiger partial charge in [0.2, 0.25) is 0 Å². The standard InChI is InChI=1S/C18H37N3O4/c1-17(2,3)24-15(22)19-11-9-13-21(7,8)14-10-12-20-16(23)25-18(4,5)6/h9-14H2,1-8H3,(H-,19,20,22,23)/p+1.